The van der Waals surface area contributed by atoms with Crippen molar-refractivity contribution in [3.63, 3.8) is 0 Å². The fraction of sp³-hybridized carbons (Fsp3) is 0.467. The van der Waals surface area contributed by atoms with Crippen molar-refractivity contribution in [2.45, 2.75) is 31.7 Å². The second-order valence-corrected chi connectivity index (χ2v) is 5.37. The van der Waals surface area contributed by atoms with Gasteiger partial charge in [0.05, 0.1) is 18.2 Å². The van der Waals surface area contributed by atoms with E-state index in [9.17, 15) is 10.1 Å². The van der Waals surface area contributed by atoms with Crippen molar-refractivity contribution in [1.29, 1.82) is 5.26 Å². The van der Waals surface area contributed by atoms with Crippen LogP contribution in [0.15, 0.2) is 18.2 Å². The minimum absolute atomic E-state index is 0.202. The van der Waals surface area contributed by atoms with E-state index in [4.69, 9.17) is 16.3 Å². The molecule has 0 heterocycles. The van der Waals surface area contributed by atoms with Crippen molar-refractivity contribution in [1.82, 2.24) is 4.90 Å². The summed E-state index contributed by atoms with van der Waals surface area (Å²) in [7, 11) is 1.68. The molecule has 0 spiro atoms. The standard InChI is InChI=1S/C15H17ClN2O2/c1-3-20-13-9-11(16)5-6-12(13)14(19)18(2)15(10-17)7-4-8-15/h5-6,9H,3-4,7-8H2,1-2H3. The number of nitriles is 1. The van der Waals surface area contributed by atoms with E-state index in [2.05, 4.69) is 6.07 Å². The average molecular weight is 293 g/mol. The molecule has 1 amide bonds. The van der Waals surface area contributed by atoms with E-state index in [0.29, 0.717) is 22.9 Å². The number of ether oxygens (including phenoxy) is 1. The van der Waals surface area contributed by atoms with Crippen molar-refractivity contribution in [3.05, 3.63) is 28.8 Å². The number of hydrogen-bond acceptors (Lipinski definition) is 3. The monoisotopic (exact) mass is 292 g/mol. The van der Waals surface area contributed by atoms with Crippen LogP contribution in [0, 0.1) is 11.3 Å². The van der Waals surface area contributed by atoms with E-state index in [1.165, 1.54) is 4.90 Å². The van der Waals surface area contributed by atoms with Crippen LogP contribution in [0.4, 0.5) is 0 Å². The summed E-state index contributed by atoms with van der Waals surface area (Å²) in [5, 5.41) is 9.84. The van der Waals surface area contributed by atoms with Crippen molar-refractivity contribution >= 4 is 17.5 Å². The molecule has 0 aliphatic heterocycles. The molecule has 2 rings (SSSR count). The second kappa shape index (κ2) is 5.72. The van der Waals surface area contributed by atoms with Crippen molar-refractivity contribution in [2.24, 2.45) is 0 Å². The van der Waals surface area contributed by atoms with Gasteiger partial charge in [0, 0.05) is 12.1 Å². The summed E-state index contributed by atoms with van der Waals surface area (Å²) in [5.41, 5.74) is -0.222. The molecule has 4 nitrogen and oxygen atoms in total. The number of carbonyl (C=O) groups excluding carboxylic acids is 1. The van der Waals surface area contributed by atoms with E-state index in [1.54, 1.807) is 25.2 Å². The van der Waals surface area contributed by atoms with Gasteiger partial charge in [-0.15, -0.1) is 0 Å². The van der Waals surface area contributed by atoms with Gasteiger partial charge in [-0.2, -0.15) is 5.26 Å². The molecule has 0 radical (unpaired) electrons. The van der Waals surface area contributed by atoms with Crippen molar-refractivity contribution < 1.29 is 9.53 Å². The zero-order chi connectivity index (χ0) is 14.8. The number of rotatable bonds is 4. The zero-order valence-corrected chi connectivity index (χ0v) is 12.4. The van der Waals surface area contributed by atoms with Gasteiger partial charge in [0.2, 0.25) is 0 Å². The Morgan fingerprint density at radius 2 is 2.25 bits per heavy atom. The first kappa shape index (κ1) is 14.7. The number of carbonyl (C=O) groups is 1. The van der Waals surface area contributed by atoms with Crippen LogP contribution in [0.1, 0.15) is 36.5 Å². The summed E-state index contributed by atoms with van der Waals surface area (Å²) in [6, 6.07) is 7.20. The lowest BCUT2D eigenvalue weighted by Gasteiger charge is -2.43. The summed E-state index contributed by atoms with van der Waals surface area (Å²) in [6.45, 7) is 2.30. The Kier molecular flexibility index (Phi) is 4.20. The number of hydrogen-bond donors (Lipinski definition) is 0. The molecular weight excluding hydrogens is 276 g/mol. The summed E-state index contributed by atoms with van der Waals surface area (Å²) >= 11 is 5.94. The van der Waals surface area contributed by atoms with Gasteiger partial charge in [0.1, 0.15) is 11.3 Å². The highest BCUT2D eigenvalue weighted by Crippen LogP contribution is 2.38. The van der Waals surface area contributed by atoms with Gasteiger partial charge in [-0.05, 0) is 44.4 Å². The Hall–Kier alpha value is -1.73. The maximum atomic E-state index is 12.6. The Balaban J connectivity index is 2.31. The molecule has 1 fully saturated rings. The molecule has 0 N–H and O–H groups in total. The molecule has 1 aromatic rings. The molecule has 0 saturated heterocycles. The van der Waals surface area contributed by atoms with Crippen LogP contribution in [-0.2, 0) is 0 Å². The minimum atomic E-state index is -0.666. The number of nitrogens with zero attached hydrogens (tertiary/aromatic N) is 2. The molecule has 106 valence electrons. The highest BCUT2D eigenvalue weighted by atomic mass is 35.5. The Morgan fingerprint density at radius 3 is 2.75 bits per heavy atom. The van der Waals surface area contributed by atoms with Gasteiger partial charge in [-0.25, -0.2) is 0 Å². The van der Waals surface area contributed by atoms with E-state index in [1.807, 2.05) is 6.92 Å². The maximum Gasteiger partial charge on any atom is 0.258 e. The van der Waals surface area contributed by atoms with Crippen LogP contribution in [0.5, 0.6) is 5.75 Å². The third kappa shape index (κ3) is 2.46. The zero-order valence-electron chi connectivity index (χ0n) is 11.6. The van der Waals surface area contributed by atoms with Crippen molar-refractivity contribution in [2.75, 3.05) is 13.7 Å². The Bertz CT molecular complexity index is 561. The van der Waals surface area contributed by atoms with Crippen LogP contribution in [-0.4, -0.2) is 30.0 Å². The maximum absolute atomic E-state index is 12.6. The predicted molar refractivity (Wildman–Crippen MR) is 76.9 cm³/mol. The fourth-order valence-electron chi connectivity index (χ4n) is 2.36. The van der Waals surface area contributed by atoms with Crippen molar-refractivity contribution in [3.8, 4) is 11.8 Å². The molecule has 0 aromatic heterocycles. The molecule has 0 bridgehead atoms. The average Bonchev–Trinajstić information content (AvgIpc) is 2.38. The molecule has 1 aliphatic rings. The van der Waals surface area contributed by atoms with Gasteiger partial charge >= 0.3 is 0 Å². The SMILES string of the molecule is CCOc1cc(Cl)ccc1C(=O)N(C)C1(C#N)CCC1. The molecule has 0 unspecified atom stereocenters. The van der Waals surface area contributed by atoms with Gasteiger partial charge < -0.3 is 9.64 Å². The quantitative estimate of drug-likeness (QED) is 0.856. The van der Waals surface area contributed by atoms with E-state index >= 15 is 0 Å². The summed E-state index contributed by atoms with van der Waals surface area (Å²) in [4.78, 5) is 14.1. The molecule has 5 heteroatoms. The topological polar surface area (TPSA) is 53.3 Å². The normalized spacial score (nSPS) is 15.9. The van der Waals surface area contributed by atoms with Crippen LogP contribution in [0.2, 0.25) is 5.02 Å². The lowest BCUT2D eigenvalue weighted by molar-refractivity contribution is 0.0494. The van der Waals surface area contributed by atoms with Crippen LogP contribution in [0.3, 0.4) is 0 Å². The highest BCUT2D eigenvalue weighted by molar-refractivity contribution is 6.30. The van der Waals surface area contributed by atoms with Gasteiger partial charge in [0.15, 0.2) is 0 Å². The van der Waals surface area contributed by atoms with Gasteiger partial charge in [0.25, 0.3) is 5.91 Å². The van der Waals surface area contributed by atoms with E-state index < -0.39 is 5.54 Å². The van der Waals surface area contributed by atoms with E-state index in [0.717, 1.165) is 19.3 Å². The molecular formula is C15H17ClN2O2. The van der Waals surface area contributed by atoms with E-state index in [-0.39, 0.29) is 5.91 Å². The summed E-state index contributed by atoms with van der Waals surface area (Å²) in [5.74, 6) is 0.260. The Morgan fingerprint density at radius 1 is 1.55 bits per heavy atom. The van der Waals surface area contributed by atoms with Gasteiger partial charge in [-0.1, -0.05) is 11.6 Å². The third-order valence-corrected chi connectivity index (χ3v) is 4.04. The van der Waals surface area contributed by atoms with Crippen LogP contribution in [0.25, 0.3) is 0 Å². The summed E-state index contributed by atoms with van der Waals surface area (Å²) < 4.78 is 5.47. The number of halogens is 1. The van der Waals surface area contributed by atoms with Gasteiger partial charge in [-0.3, -0.25) is 4.79 Å². The molecule has 1 aliphatic carbocycles. The molecule has 1 saturated carbocycles. The minimum Gasteiger partial charge on any atom is -0.493 e. The lowest BCUT2D eigenvalue weighted by atomic mass is 9.76. The largest absolute Gasteiger partial charge is 0.493 e. The predicted octanol–water partition coefficient (Wildman–Crippen LogP) is 3.26. The fourth-order valence-corrected chi connectivity index (χ4v) is 2.52. The van der Waals surface area contributed by atoms with Crippen LogP contribution < -0.4 is 4.74 Å². The number of benzene rings is 1. The smallest absolute Gasteiger partial charge is 0.258 e. The second-order valence-electron chi connectivity index (χ2n) is 4.93. The summed E-state index contributed by atoms with van der Waals surface area (Å²) in [6.07, 6.45) is 2.43. The Labute approximate surface area is 123 Å². The molecule has 1 aromatic carbocycles. The first-order chi connectivity index (χ1) is 9.54. The first-order valence-electron chi connectivity index (χ1n) is 6.66. The molecule has 20 heavy (non-hydrogen) atoms. The number of amides is 1. The highest BCUT2D eigenvalue weighted by Gasteiger charge is 2.44. The lowest BCUT2D eigenvalue weighted by Crippen LogP contribution is -2.53. The first-order valence-corrected chi connectivity index (χ1v) is 7.03. The molecule has 0 atom stereocenters. The van der Waals surface area contributed by atoms with Crippen LogP contribution >= 0.6 is 11.6 Å². The third-order valence-electron chi connectivity index (χ3n) is 3.81.